The van der Waals surface area contributed by atoms with Gasteiger partial charge < -0.3 is 4.74 Å². The summed E-state index contributed by atoms with van der Waals surface area (Å²) in [6.07, 6.45) is 0. The third-order valence-corrected chi connectivity index (χ3v) is 4.51. The standard InChI is InChI=1S/C11H10O3S2/c1-3-14-10(13)9-5-7-4-8(6(2)12)15-11(7)16-9/h4-5H,3H2,1-2H3. The summed E-state index contributed by atoms with van der Waals surface area (Å²) < 4.78 is 5.91. The number of carbonyl (C=O) groups excluding carboxylic acids is 2. The van der Waals surface area contributed by atoms with Crippen molar-refractivity contribution in [1.29, 1.82) is 0 Å². The van der Waals surface area contributed by atoms with Crippen LogP contribution in [0.4, 0.5) is 0 Å². The Hall–Kier alpha value is -1.20. The zero-order valence-corrected chi connectivity index (χ0v) is 10.5. The van der Waals surface area contributed by atoms with Gasteiger partial charge in [-0.25, -0.2) is 4.79 Å². The first kappa shape index (κ1) is 11.3. The Morgan fingerprint density at radius 2 is 1.88 bits per heavy atom. The molecule has 16 heavy (non-hydrogen) atoms. The first-order chi connectivity index (χ1) is 7.61. The smallest absolute Gasteiger partial charge is 0.348 e. The summed E-state index contributed by atoms with van der Waals surface area (Å²) in [6, 6.07) is 3.60. The Bertz CT molecular complexity index is 519. The molecule has 2 rings (SSSR count). The molecule has 0 atom stereocenters. The number of ketones is 1. The van der Waals surface area contributed by atoms with Crippen LogP contribution >= 0.6 is 22.7 Å². The van der Waals surface area contributed by atoms with Gasteiger partial charge in [0.05, 0.1) is 15.5 Å². The predicted molar refractivity (Wildman–Crippen MR) is 65.7 cm³/mol. The molecule has 0 radical (unpaired) electrons. The summed E-state index contributed by atoms with van der Waals surface area (Å²) in [6.45, 7) is 3.70. The maximum atomic E-state index is 11.5. The van der Waals surface area contributed by atoms with Crippen molar-refractivity contribution in [3.8, 4) is 0 Å². The maximum Gasteiger partial charge on any atom is 0.348 e. The molecule has 2 heterocycles. The summed E-state index contributed by atoms with van der Waals surface area (Å²) in [5, 5.41) is 0.947. The van der Waals surface area contributed by atoms with E-state index in [2.05, 4.69) is 0 Å². The minimum atomic E-state index is -0.291. The number of hydrogen-bond acceptors (Lipinski definition) is 5. The molecule has 2 aromatic heterocycles. The summed E-state index contributed by atoms with van der Waals surface area (Å²) in [5.41, 5.74) is 0. The number of fused-ring (bicyclic) bond motifs is 1. The van der Waals surface area contributed by atoms with E-state index in [0.717, 1.165) is 14.3 Å². The van der Waals surface area contributed by atoms with Gasteiger partial charge in [-0.1, -0.05) is 0 Å². The summed E-state index contributed by atoms with van der Waals surface area (Å²) in [7, 11) is 0. The number of carbonyl (C=O) groups is 2. The van der Waals surface area contributed by atoms with Crippen LogP contribution in [-0.4, -0.2) is 18.4 Å². The monoisotopic (exact) mass is 254 g/mol. The zero-order valence-electron chi connectivity index (χ0n) is 8.90. The van der Waals surface area contributed by atoms with Gasteiger partial charge in [-0.15, -0.1) is 22.7 Å². The van der Waals surface area contributed by atoms with E-state index in [1.807, 2.05) is 6.07 Å². The molecule has 0 unspecified atom stereocenters. The van der Waals surface area contributed by atoms with Crippen molar-refractivity contribution in [2.45, 2.75) is 13.8 Å². The van der Waals surface area contributed by atoms with Crippen LogP contribution in [0.1, 0.15) is 33.2 Å². The molecule has 0 aliphatic carbocycles. The normalized spacial score (nSPS) is 10.6. The van der Waals surface area contributed by atoms with Crippen LogP contribution in [0.25, 0.3) is 9.40 Å². The molecule has 3 nitrogen and oxygen atoms in total. The highest BCUT2D eigenvalue weighted by atomic mass is 32.2. The molecule has 2 aromatic rings. The van der Waals surface area contributed by atoms with Crippen LogP contribution in [0.5, 0.6) is 0 Å². The predicted octanol–water partition coefficient (Wildman–Crippen LogP) is 3.34. The third-order valence-electron chi connectivity index (χ3n) is 2.04. The summed E-state index contributed by atoms with van der Waals surface area (Å²) >= 11 is 2.80. The van der Waals surface area contributed by atoms with E-state index in [4.69, 9.17) is 4.74 Å². The lowest BCUT2D eigenvalue weighted by molar-refractivity contribution is 0.0532. The lowest BCUT2D eigenvalue weighted by Crippen LogP contribution is -2.01. The van der Waals surface area contributed by atoms with Crippen molar-refractivity contribution in [3.63, 3.8) is 0 Å². The van der Waals surface area contributed by atoms with Gasteiger partial charge >= 0.3 is 5.97 Å². The molecule has 0 aliphatic heterocycles. The molecule has 84 valence electrons. The van der Waals surface area contributed by atoms with E-state index in [1.165, 1.54) is 22.7 Å². The Kier molecular flexibility index (Phi) is 3.07. The highest BCUT2D eigenvalue weighted by Gasteiger charge is 2.14. The average molecular weight is 254 g/mol. The SMILES string of the molecule is CCOC(=O)c1cc2cc(C(C)=O)sc2s1. The van der Waals surface area contributed by atoms with Crippen molar-refractivity contribution < 1.29 is 14.3 Å². The fourth-order valence-corrected chi connectivity index (χ4v) is 3.55. The molecule has 0 spiro atoms. The number of hydrogen-bond donors (Lipinski definition) is 0. The molecule has 0 saturated heterocycles. The maximum absolute atomic E-state index is 11.5. The number of ether oxygens (including phenoxy) is 1. The third kappa shape index (κ3) is 2.01. The van der Waals surface area contributed by atoms with Crippen LogP contribution < -0.4 is 0 Å². The van der Waals surface area contributed by atoms with Crippen molar-refractivity contribution in [2.75, 3.05) is 6.61 Å². The van der Waals surface area contributed by atoms with Gasteiger partial charge in [0.2, 0.25) is 0 Å². The van der Waals surface area contributed by atoms with E-state index >= 15 is 0 Å². The lowest BCUT2D eigenvalue weighted by Gasteiger charge is -1.96. The topological polar surface area (TPSA) is 43.4 Å². The van der Waals surface area contributed by atoms with Gasteiger partial charge in [0, 0.05) is 5.39 Å². The summed E-state index contributed by atoms with van der Waals surface area (Å²) in [4.78, 5) is 23.9. The van der Waals surface area contributed by atoms with Crippen LogP contribution in [0.15, 0.2) is 12.1 Å². The minimum absolute atomic E-state index is 0.0612. The molecule has 0 aliphatic rings. The van der Waals surface area contributed by atoms with Crippen molar-refractivity contribution >= 4 is 43.8 Å². The highest BCUT2D eigenvalue weighted by Crippen LogP contribution is 2.33. The number of thiophene rings is 2. The van der Waals surface area contributed by atoms with E-state index in [0.29, 0.717) is 11.5 Å². The van der Waals surface area contributed by atoms with Crippen LogP contribution in [-0.2, 0) is 4.74 Å². The quantitative estimate of drug-likeness (QED) is 0.623. The van der Waals surface area contributed by atoms with Crippen molar-refractivity contribution in [1.82, 2.24) is 0 Å². The largest absolute Gasteiger partial charge is 0.462 e. The Balaban J connectivity index is 2.35. The minimum Gasteiger partial charge on any atom is -0.462 e. The lowest BCUT2D eigenvalue weighted by atomic mass is 10.3. The van der Waals surface area contributed by atoms with Crippen LogP contribution in [0, 0.1) is 0 Å². The van der Waals surface area contributed by atoms with E-state index < -0.39 is 0 Å². The Labute approximate surface area is 101 Å². The van der Waals surface area contributed by atoms with E-state index in [-0.39, 0.29) is 11.8 Å². The van der Waals surface area contributed by atoms with E-state index in [1.54, 1.807) is 19.9 Å². The molecule has 0 bridgehead atoms. The molecule has 0 saturated carbocycles. The molecule has 0 N–H and O–H groups in total. The van der Waals surface area contributed by atoms with Gasteiger partial charge in [0.15, 0.2) is 5.78 Å². The van der Waals surface area contributed by atoms with Gasteiger partial charge in [0.1, 0.15) is 4.88 Å². The second-order valence-electron chi connectivity index (χ2n) is 3.24. The number of Topliss-reactive ketones (excluding diaryl/α,β-unsaturated/α-hetero) is 1. The number of esters is 1. The van der Waals surface area contributed by atoms with Crippen LogP contribution in [0.3, 0.4) is 0 Å². The molecule has 0 amide bonds. The molecule has 0 fully saturated rings. The zero-order chi connectivity index (χ0) is 11.7. The fourth-order valence-electron chi connectivity index (χ4n) is 1.32. The second kappa shape index (κ2) is 4.35. The van der Waals surface area contributed by atoms with Gasteiger partial charge in [0.25, 0.3) is 0 Å². The Morgan fingerprint density at radius 1 is 1.25 bits per heavy atom. The van der Waals surface area contributed by atoms with Gasteiger partial charge in [-0.3, -0.25) is 4.79 Å². The molecule has 5 heteroatoms. The molecular weight excluding hydrogens is 244 g/mol. The number of rotatable bonds is 3. The fraction of sp³-hybridized carbons (Fsp3) is 0.273. The Morgan fingerprint density at radius 3 is 2.44 bits per heavy atom. The average Bonchev–Trinajstić information content (AvgIpc) is 2.73. The van der Waals surface area contributed by atoms with Crippen molar-refractivity contribution in [2.24, 2.45) is 0 Å². The van der Waals surface area contributed by atoms with Crippen molar-refractivity contribution in [3.05, 3.63) is 21.9 Å². The second-order valence-corrected chi connectivity index (χ2v) is 5.60. The highest BCUT2D eigenvalue weighted by molar-refractivity contribution is 7.39. The molecule has 0 aromatic carbocycles. The van der Waals surface area contributed by atoms with Gasteiger partial charge in [-0.05, 0) is 26.0 Å². The summed E-state index contributed by atoms with van der Waals surface area (Å²) in [5.74, 6) is -0.230. The van der Waals surface area contributed by atoms with Crippen LogP contribution in [0.2, 0.25) is 0 Å². The first-order valence-corrected chi connectivity index (χ1v) is 6.46. The van der Waals surface area contributed by atoms with E-state index in [9.17, 15) is 9.59 Å². The first-order valence-electron chi connectivity index (χ1n) is 4.83. The molecular formula is C11H10O3S2. The van der Waals surface area contributed by atoms with Gasteiger partial charge in [-0.2, -0.15) is 0 Å².